The van der Waals surface area contributed by atoms with Gasteiger partial charge in [-0.1, -0.05) is 27.7 Å². The first-order valence-corrected chi connectivity index (χ1v) is 8.97. The van der Waals surface area contributed by atoms with Crippen molar-refractivity contribution in [2.45, 2.75) is 84.7 Å². The predicted molar refractivity (Wildman–Crippen MR) is 88.1 cm³/mol. The molecule has 1 spiro atoms. The fourth-order valence-corrected chi connectivity index (χ4v) is 4.06. The summed E-state index contributed by atoms with van der Waals surface area (Å²) in [6.45, 7) is 13.3. The van der Waals surface area contributed by atoms with Crippen molar-refractivity contribution >= 4 is 0 Å². The van der Waals surface area contributed by atoms with Gasteiger partial charge < -0.3 is 10.2 Å². The average Bonchev–Trinajstić information content (AvgIpc) is 2.40. The van der Waals surface area contributed by atoms with Crippen molar-refractivity contribution in [1.29, 1.82) is 0 Å². The number of hydrogen-bond acceptors (Lipinski definition) is 2. The Kier molecular flexibility index (Phi) is 5.92. The van der Waals surface area contributed by atoms with E-state index in [-0.39, 0.29) is 0 Å². The largest absolute Gasteiger partial charge is 0.312 e. The Hall–Kier alpha value is -0.0800. The molecular formula is C18H36N2. The molecule has 2 rings (SSSR count). The molecule has 0 aromatic carbocycles. The summed E-state index contributed by atoms with van der Waals surface area (Å²) in [5.41, 5.74) is 0.712. The topological polar surface area (TPSA) is 15.3 Å². The molecule has 1 heterocycles. The SMILES string of the molecule is CC(C)CCN1CCC2(CCC(NC(C)C)CC2)CC1. The number of likely N-dealkylation sites (tertiary alicyclic amines) is 1. The standard InChI is InChI=1S/C18H36N2/c1-15(2)7-12-20-13-10-18(11-14-20)8-5-17(6-9-18)19-16(3)4/h15-17,19H,5-14H2,1-4H3. The molecule has 0 atom stereocenters. The van der Waals surface area contributed by atoms with Gasteiger partial charge in [-0.05, 0) is 75.9 Å². The first-order chi connectivity index (χ1) is 9.49. The first-order valence-electron chi connectivity index (χ1n) is 8.97. The maximum Gasteiger partial charge on any atom is 0.00698 e. The minimum Gasteiger partial charge on any atom is -0.312 e. The van der Waals surface area contributed by atoms with Crippen LogP contribution in [0, 0.1) is 11.3 Å². The van der Waals surface area contributed by atoms with E-state index >= 15 is 0 Å². The van der Waals surface area contributed by atoms with E-state index in [0.29, 0.717) is 11.5 Å². The Morgan fingerprint density at radius 3 is 2.10 bits per heavy atom. The summed E-state index contributed by atoms with van der Waals surface area (Å²) in [5, 5.41) is 3.73. The van der Waals surface area contributed by atoms with E-state index in [0.717, 1.165) is 12.0 Å². The van der Waals surface area contributed by atoms with Crippen LogP contribution < -0.4 is 5.32 Å². The van der Waals surface area contributed by atoms with Crippen LogP contribution in [0.2, 0.25) is 0 Å². The normalized spacial score (nSPS) is 24.9. The minimum atomic E-state index is 0.645. The van der Waals surface area contributed by atoms with Crippen LogP contribution in [0.1, 0.15) is 72.6 Å². The monoisotopic (exact) mass is 280 g/mol. The van der Waals surface area contributed by atoms with Crippen molar-refractivity contribution in [1.82, 2.24) is 10.2 Å². The molecule has 2 fully saturated rings. The number of rotatable bonds is 5. The van der Waals surface area contributed by atoms with E-state index in [2.05, 4.69) is 37.9 Å². The lowest BCUT2D eigenvalue weighted by atomic mass is 9.67. The maximum absolute atomic E-state index is 3.73. The molecule has 0 aromatic rings. The summed E-state index contributed by atoms with van der Waals surface area (Å²) < 4.78 is 0. The van der Waals surface area contributed by atoms with Crippen LogP contribution in [0.3, 0.4) is 0 Å². The van der Waals surface area contributed by atoms with Gasteiger partial charge in [-0.15, -0.1) is 0 Å². The summed E-state index contributed by atoms with van der Waals surface area (Å²) in [6.07, 6.45) is 10.0. The van der Waals surface area contributed by atoms with E-state index in [4.69, 9.17) is 0 Å². The van der Waals surface area contributed by atoms with E-state index in [1.165, 1.54) is 64.6 Å². The third kappa shape index (κ3) is 4.73. The molecule has 20 heavy (non-hydrogen) atoms. The van der Waals surface area contributed by atoms with Crippen LogP contribution >= 0.6 is 0 Å². The van der Waals surface area contributed by atoms with Crippen molar-refractivity contribution in [3.63, 3.8) is 0 Å². The Balaban J connectivity index is 1.71. The number of nitrogens with zero attached hydrogens (tertiary/aromatic N) is 1. The summed E-state index contributed by atoms with van der Waals surface area (Å²) >= 11 is 0. The van der Waals surface area contributed by atoms with Crippen LogP contribution in [0.25, 0.3) is 0 Å². The van der Waals surface area contributed by atoms with Gasteiger partial charge in [0, 0.05) is 12.1 Å². The molecule has 118 valence electrons. The van der Waals surface area contributed by atoms with E-state index in [1.54, 1.807) is 0 Å². The third-order valence-electron chi connectivity index (χ3n) is 5.55. The van der Waals surface area contributed by atoms with Crippen molar-refractivity contribution in [2.75, 3.05) is 19.6 Å². The van der Waals surface area contributed by atoms with E-state index < -0.39 is 0 Å². The predicted octanol–water partition coefficient (Wildman–Crippen LogP) is 4.06. The van der Waals surface area contributed by atoms with Gasteiger partial charge >= 0.3 is 0 Å². The number of piperidine rings is 1. The van der Waals surface area contributed by atoms with E-state index in [9.17, 15) is 0 Å². The Morgan fingerprint density at radius 1 is 1.00 bits per heavy atom. The Bertz CT molecular complexity index is 267. The van der Waals surface area contributed by atoms with Crippen molar-refractivity contribution in [3.8, 4) is 0 Å². The molecule has 2 aliphatic rings. The molecular weight excluding hydrogens is 244 g/mol. The van der Waals surface area contributed by atoms with Gasteiger partial charge in [-0.3, -0.25) is 0 Å². The van der Waals surface area contributed by atoms with Gasteiger partial charge in [0.1, 0.15) is 0 Å². The van der Waals surface area contributed by atoms with Gasteiger partial charge in [-0.25, -0.2) is 0 Å². The highest BCUT2D eigenvalue weighted by Gasteiger charge is 2.37. The summed E-state index contributed by atoms with van der Waals surface area (Å²) in [4.78, 5) is 2.71. The lowest BCUT2D eigenvalue weighted by molar-refractivity contribution is 0.0557. The zero-order valence-electron chi connectivity index (χ0n) is 14.3. The molecule has 0 aromatic heterocycles. The van der Waals surface area contributed by atoms with Gasteiger partial charge in [0.2, 0.25) is 0 Å². The molecule has 1 N–H and O–H groups in total. The molecule has 2 nitrogen and oxygen atoms in total. The molecule has 1 saturated carbocycles. The van der Waals surface area contributed by atoms with Crippen LogP contribution in [0.5, 0.6) is 0 Å². The highest BCUT2D eigenvalue weighted by Crippen LogP contribution is 2.44. The van der Waals surface area contributed by atoms with Crippen molar-refractivity contribution < 1.29 is 0 Å². The molecule has 0 bridgehead atoms. The van der Waals surface area contributed by atoms with Crippen LogP contribution in [-0.2, 0) is 0 Å². The third-order valence-corrected chi connectivity index (χ3v) is 5.55. The van der Waals surface area contributed by atoms with Gasteiger partial charge in [-0.2, -0.15) is 0 Å². The molecule has 0 amide bonds. The molecule has 0 unspecified atom stereocenters. The maximum atomic E-state index is 3.73. The molecule has 2 heteroatoms. The Labute approximate surface area is 126 Å². The Morgan fingerprint density at radius 2 is 1.60 bits per heavy atom. The zero-order chi connectivity index (χ0) is 14.6. The zero-order valence-corrected chi connectivity index (χ0v) is 14.3. The van der Waals surface area contributed by atoms with Gasteiger partial charge in [0.25, 0.3) is 0 Å². The smallest absolute Gasteiger partial charge is 0.00698 e. The lowest BCUT2D eigenvalue weighted by Gasteiger charge is -2.46. The molecule has 1 saturated heterocycles. The van der Waals surface area contributed by atoms with Crippen LogP contribution in [-0.4, -0.2) is 36.6 Å². The molecule has 0 radical (unpaired) electrons. The summed E-state index contributed by atoms with van der Waals surface area (Å²) in [5.74, 6) is 0.850. The second kappa shape index (κ2) is 7.26. The highest BCUT2D eigenvalue weighted by molar-refractivity contribution is 4.92. The second-order valence-corrected chi connectivity index (χ2v) is 8.12. The lowest BCUT2D eigenvalue weighted by Crippen LogP contribution is -2.46. The minimum absolute atomic E-state index is 0.645. The van der Waals surface area contributed by atoms with Crippen LogP contribution in [0.15, 0.2) is 0 Å². The van der Waals surface area contributed by atoms with Crippen molar-refractivity contribution in [3.05, 3.63) is 0 Å². The van der Waals surface area contributed by atoms with Crippen LogP contribution in [0.4, 0.5) is 0 Å². The number of hydrogen-bond donors (Lipinski definition) is 1. The fraction of sp³-hybridized carbons (Fsp3) is 1.00. The number of nitrogens with one attached hydrogen (secondary N) is 1. The first kappa shape index (κ1) is 16.3. The van der Waals surface area contributed by atoms with Gasteiger partial charge in [0.05, 0.1) is 0 Å². The molecule has 1 aliphatic carbocycles. The van der Waals surface area contributed by atoms with Crippen molar-refractivity contribution in [2.24, 2.45) is 11.3 Å². The molecule has 1 aliphatic heterocycles. The highest BCUT2D eigenvalue weighted by atomic mass is 15.1. The van der Waals surface area contributed by atoms with E-state index in [1.807, 2.05) is 0 Å². The fourth-order valence-electron chi connectivity index (χ4n) is 4.06. The second-order valence-electron chi connectivity index (χ2n) is 8.12. The summed E-state index contributed by atoms with van der Waals surface area (Å²) in [7, 11) is 0. The summed E-state index contributed by atoms with van der Waals surface area (Å²) in [6, 6.07) is 1.44. The van der Waals surface area contributed by atoms with Gasteiger partial charge in [0.15, 0.2) is 0 Å². The average molecular weight is 281 g/mol. The quantitative estimate of drug-likeness (QED) is 0.817.